The second kappa shape index (κ2) is 6.13. The number of hydrogen-bond donors (Lipinski definition) is 0. The van der Waals surface area contributed by atoms with Crippen LogP contribution in [0.15, 0.2) is 48.5 Å². The van der Waals surface area contributed by atoms with E-state index >= 15 is 0 Å². The first kappa shape index (κ1) is 13.9. The van der Waals surface area contributed by atoms with Crippen molar-refractivity contribution in [3.63, 3.8) is 0 Å². The summed E-state index contributed by atoms with van der Waals surface area (Å²) in [7, 11) is 0. The van der Waals surface area contributed by atoms with Gasteiger partial charge in [-0.15, -0.1) is 0 Å². The van der Waals surface area contributed by atoms with Crippen molar-refractivity contribution in [2.24, 2.45) is 0 Å². The highest BCUT2D eigenvalue weighted by Gasteiger charge is 2.18. The number of nitrogens with zero attached hydrogens (tertiary/aromatic N) is 1. The van der Waals surface area contributed by atoms with Gasteiger partial charge in [-0.05, 0) is 37.0 Å². The van der Waals surface area contributed by atoms with E-state index in [2.05, 4.69) is 29.2 Å². The van der Waals surface area contributed by atoms with Crippen molar-refractivity contribution in [1.82, 2.24) is 0 Å². The molecular weight excluding hydrogens is 258 g/mol. The first-order valence-electron chi connectivity index (χ1n) is 7.67. The van der Waals surface area contributed by atoms with Gasteiger partial charge in [0.1, 0.15) is 0 Å². The Hall–Kier alpha value is -2.09. The third kappa shape index (κ3) is 2.99. The number of Topliss-reactive ketones (excluding diaryl/α,β-unsaturated/α-hetero) is 1. The zero-order chi connectivity index (χ0) is 14.7. The van der Waals surface area contributed by atoms with E-state index in [1.54, 1.807) is 0 Å². The van der Waals surface area contributed by atoms with Gasteiger partial charge >= 0.3 is 0 Å². The highest BCUT2D eigenvalue weighted by molar-refractivity contribution is 5.97. The minimum atomic E-state index is 0.264. The van der Waals surface area contributed by atoms with Crippen LogP contribution in [0.1, 0.15) is 34.3 Å². The highest BCUT2D eigenvalue weighted by atomic mass is 16.1. The Morgan fingerprint density at radius 3 is 2.71 bits per heavy atom. The fourth-order valence-electron chi connectivity index (χ4n) is 3.09. The van der Waals surface area contributed by atoms with Crippen molar-refractivity contribution in [3.8, 4) is 0 Å². The minimum absolute atomic E-state index is 0.264. The Balaban J connectivity index is 1.56. The number of ketones is 1. The van der Waals surface area contributed by atoms with Gasteiger partial charge in [-0.3, -0.25) is 4.79 Å². The lowest BCUT2D eigenvalue weighted by Gasteiger charge is -2.19. The van der Waals surface area contributed by atoms with Crippen LogP contribution >= 0.6 is 0 Å². The maximum Gasteiger partial charge on any atom is 0.163 e. The summed E-state index contributed by atoms with van der Waals surface area (Å²) < 4.78 is 0. The molecule has 21 heavy (non-hydrogen) atoms. The van der Waals surface area contributed by atoms with E-state index in [1.807, 2.05) is 31.2 Å². The molecule has 0 saturated carbocycles. The van der Waals surface area contributed by atoms with Crippen molar-refractivity contribution in [2.45, 2.75) is 26.2 Å². The molecule has 2 aromatic carbocycles. The molecule has 0 amide bonds. The predicted octanol–water partition coefficient (Wildman–Crippen LogP) is 4.02. The van der Waals surface area contributed by atoms with E-state index < -0.39 is 0 Å². The quantitative estimate of drug-likeness (QED) is 0.770. The summed E-state index contributed by atoms with van der Waals surface area (Å²) in [6.07, 6.45) is 2.67. The molecule has 2 aromatic rings. The first-order chi connectivity index (χ1) is 10.3. The van der Waals surface area contributed by atoms with Crippen molar-refractivity contribution in [3.05, 3.63) is 65.2 Å². The monoisotopic (exact) mass is 279 g/mol. The summed E-state index contributed by atoms with van der Waals surface area (Å²) in [5, 5.41) is 0. The van der Waals surface area contributed by atoms with Gasteiger partial charge in [0, 0.05) is 30.8 Å². The number of carbonyl (C=O) groups is 1. The van der Waals surface area contributed by atoms with Crippen LogP contribution < -0.4 is 4.90 Å². The molecule has 3 rings (SSSR count). The Bertz CT molecular complexity index is 648. The number of rotatable bonds is 5. The van der Waals surface area contributed by atoms with Crippen molar-refractivity contribution in [1.29, 1.82) is 0 Å². The highest BCUT2D eigenvalue weighted by Crippen LogP contribution is 2.27. The zero-order valence-corrected chi connectivity index (χ0v) is 12.5. The number of fused-ring (bicyclic) bond motifs is 1. The number of para-hydroxylation sites is 1. The fourth-order valence-corrected chi connectivity index (χ4v) is 3.09. The van der Waals surface area contributed by atoms with E-state index in [0.717, 1.165) is 37.1 Å². The molecule has 0 bridgehead atoms. The molecule has 1 aliphatic rings. The number of benzene rings is 2. The molecule has 0 aromatic heterocycles. The molecule has 0 N–H and O–H groups in total. The van der Waals surface area contributed by atoms with Crippen LogP contribution in [0.2, 0.25) is 0 Å². The summed E-state index contributed by atoms with van der Waals surface area (Å²) >= 11 is 0. The van der Waals surface area contributed by atoms with E-state index in [0.29, 0.717) is 6.42 Å². The van der Waals surface area contributed by atoms with Gasteiger partial charge in [-0.25, -0.2) is 0 Å². The third-order valence-electron chi connectivity index (χ3n) is 4.26. The van der Waals surface area contributed by atoms with Gasteiger partial charge < -0.3 is 4.90 Å². The lowest BCUT2D eigenvalue weighted by Crippen LogP contribution is -2.22. The second-order valence-electron chi connectivity index (χ2n) is 5.71. The molecule has 2 nitrogen and oxygen atoms in total. The van der Waals surface area contributed by atoms with Crippen LogP contribution in [0.5, 0.6) is 0 Å². The number of anilines is 1. The van der Waals surface area contributed by atoms with E-state index in [-0.39, 0.29) is 5.78 Å². The molecule has 0 radical (unpaired) electrons. The molecular formula is C19H21NO. The van der Waals surface area contributed by atoms with Crippen LogP contribution in [0.4, 0.5) is 5.69 Å². The van der Waals surface area contributed by atoms with Gasteiger partial charge in [0.2, 0.25) is 0 Å². The molecule has 0 fully saturated rings. The molecule has 0 unspecified atom stereocenters. The normalized spacial score (nSPS) is 13.3. The van der Waals surface area contributed by atoms with Gasteiger partial charge in [0.05, 0.1) is 0 Å². The Labute approximate surface area is 126 Å². The van der Waals surface area contributed by atoms with Crippen molar-refractivity contribution in [2.75, 3.05) is 18.0 Å². The van der Waals surface area contributed by atoms with Gasteiger partial charge in [-0.1, -0.05) is 42.5 Å². The molecule has 2 heteroatoms. The lowest BCUT2D eigenvalue weighted by molar-refractivity contribution is 0.0980. The van der Waals surface area contributed by atoms with E-state index in [9.17, 15) is 4.79 Å². The van der Waals surface area contributed by atoms with Crippen LogP contribution in [0, 0.1) is 6.92 Å². The number of carbonyl (C=O) groups excluding carboxylic acids is 1. The summed E-state index contributed by atoms with van der Waals surface area (Å²) in [5.74, 6) is 0.264. The molecule has 108 valence electrons. The van der Waals surface area contributed by atoms with Gasteiger partial charge in [0.15, 0.2) is 5.78 Å². The lowest BCUT2D eigenvalue weighted by atomic mass is 10.0. The van der Waals surface area contributed by atoms with Gasteiger partial charge in [-0.2, -0.15) is 0 Å². The predicted molar refractivity (Wildman–Crippen MR) is 87.1 cm³/mol. The average molecular weight is 279 g/mol. The number of aryl methyl sites for hydroxylation is 1. The summed E-state index contributed by atoms with van der Waals surface area (Å²) in [6, 6.07) is 16.4. The third-order valence-corrected chi connectivity index (χ3v) is 4.26. The van der Waals surface area contributed by atoms with Crippen molar-refractivity contribution < 1.29 is 4.79 Å². The van der Waals surface area contributed by atoms with Crippen LogP contribution in [-0.2, 0) is 6.42 Å². The SMILES string of the molecule is Cc1ccccc1C(=O)CCCN1CCc2ccccc21. The maximum atomic E-state index is 12.3. The molecule has 0 spiro atoms. The molecule has 0 aliphatic carbocycles. The van der Waals surface area contributed by atoms with Gasteiger partial charge in [0.25, 0.3) is 0 Å². The Morgan fingerprint density at radius 1 is 1.10 bits per heavy atom. The Kier molecular flexibility index (Phi) is 4.05. The largest absolute Gasteiger partial charge is 0.371 e. The molecule has 0 atom stereocenters. The standard InChI is InChI=1S/C19H21NO/c1-15-7-2-4-9-17(15)19(21)11-6-13-20-14-12-16-8-3-5-10-18(16)20/h2-5,7-10H,6,11-14H2,1H3. The second-order valence-corrected chi connectivity index (χ2v) is 5.71. The summed E-state index contributed by atoms with van der Waals surface area (Å²) in [4.78, 5) is 14.7. The fraction of sp³-hybridized carbons (Fsp3) is 0.316. The average Bonchev–Trinajstić information content (AvgIpc) is 2.91. The van der Waals surface area contributed by atoms with Crippen LogP contribution in [0.25, 0.3) is 0 Å². The molecule has 1 heterocycles. The smallest absolute Gasteiger partial charge is 0.163 e. The Morgan fingerprint density at radius 2 is 1.86 bits per heavy atom. The van der Waals surface area contributed by atoms with E-state index in [1.165, 1.54) is 11.3 Å². The molecule has 0 saturated heterocycles. The van der Waals surface area contributed by atoms with Crippen molar-refractivity contribution >= 4 is 11.5 Å². The first-order valence-corrected chi connectivity index (χ1v) is 7.67. The summed E-state index contributed by atoms with van der Waals surface area (Å²) in [5.41, 5.74) is 4.73. The minimum Gasteiger partial charge on any atom is -0.371 e. The topological polar surface area (TPSA) is 20.3 Å². The van der Waals surface area contributed by atoms with Crippen LogP contribution in [-0.4, -0.2) is 18.9 Å². The van der Waals surface area contributed by atoms with Crippen LogP contribution in [0.3, 0.4) is 0 Å². The van der Waals surface area contributed by atoms with E-state index in [4.69, 9.17) is 0 Å². The summed E-state index contributed by atoms with van der Waals surface area (Å²) in [6.45, 7) is 4.05. The maximum absolute atomic E-state index is 12.3. The zero-order valence-electron chi connectivity index (χ0n) is 12.5. The molecule has 1 aliphatic heterocycles. The number of hydrogen-bond acceptors (Lipinski definition) is 2.